The first-order valence-electron chi connectivity index (χ1n) is 7.42. The lowest BCUT2D eigenvalue weighted by atomic mass is 9.93. The molecule has 0 aliphatic heterocycles. The molecule has 1 aliphatic rings. The lowest BCUT2D eigenvalue weighted by Crippen LogP contribution is -2.42. The third-order valence-electron chi connectivity index (χ3n) is 4.05. The number of aromatic hydroxyl groups is 1. The molecule has 0 spiro atoms. The molecule has 4 nitrogen and oxygen atoms in total. The molecule has 116 valence electrons. The molecular weight excluding hydrogens is 334 g/mol. The molecule has 1 aromatic carbocycles. The van der Waals surface area contributed by atoms with Crippen LogP contribution in [0.1, 0.15) is 42.5 Å². The molecule has 0 aromatic heterocycles. The zero-order valence-electron chi connectivity index (χ0n) is 12.3. The highest BCUT2D eigenvalue weighted by molar-refractivity contribution is 9.09. The van der Waals surface area contributed by atoms with E-state index < -0.39 is 0 Å². The van der Waals surface area contributed by atoms with E-state index in [4.69, 9.17) is 4.74 Å². The summed E-state index contributed by atoms with van der Waals surface area (Å²) in [5, 5.41) is 10.9. The lowest BCUT2D eigenvalue weighted by Gasteiger charge is -2.34. The second-order valence-corrected chi connectivity index (χ2v) is 6.13. The van der Waals surface area contributed by atoms with Crippen molar-refractivity contribution in [2.45, 2.75) is 38.1 Å². The number of hydrogen-bond acceptors (Lipinski definition) is 3. The molecule has 2 rings (SSSR count). The number of hydrogen-bond donors (Lipinski definition) is 1. The molecule has 21 heavy (non-hydrogen) atoms. The van der Waals surface area contributed by atoms with Crippen LogP contribution >= 0.6 is 15.9 Å². The van der Waals surface area contributed by atoms with E-state index in [0.717, 1.165) is 18.2 Å². The Balaban J connectivity index is 2.25. The van der Waals surface area contributed by atoms with Gasteiger partial charge in [-0.15, -0.1) is 0 Å². The van der Waals surface area contributed by atoms with Gasteiger partial charge in [0.2, 0.25) is 0 Å². The summed E-state index contributed by atoms with van der Waals surface area (Å²) in [6.45, 7) is 0.653. The van der Waals surface area contributed by atoms with E-state index in [2.05, 4.69) is 15.9 Å². The van der Waals surface area contributed by atoms with Crippen molar-refractivity contribution < 1.29 is 14.6 Å². The van der Waals surface area contributed by atoms with Gasteiger partial charge in [-0.25, -0.2) is 0 Å². The van der Waals surface area contributed by atoms with Crippen LogP contribution in [0.25, 0.3) is 0 Å². The smallest absolute Gasteiger partial charge is 0.258 e. The molecule has 1 fully saturated rings. The minimum atomic E-state index is -0.113. The first-order valence-corrected chi connectivity index (χ1v) is 8.54. The topological polar surface area (TPSA) is 49.8 Å². The molecule has 1 aromatic rings. The van der Waals surface area contributed by atoms with Gasteiger partial charge in [0.05, 0.1) is 12.7 Å². The number of phenols is 1. The number of rotatable bonds is 5. The number of halogens is 1. The molecule has 0 bridgehead atoms. The Morgan fingerprint density at radius 3 is 2.71 bits per heavy atom. The highest BCUT2D eigenvalue weighted by atomic mass is 79.9. The van der Waals surface area contributed by atoms with Gasteiger partial charge < -0.3 is 14.7 Å². The van der Waals surface area contributed by atoms with Crippen molar-refractivity contribution in [3.63, 3.8) is 0 Å². The van der Waals surface area contributed by atoms with E-state index in [1.807, 2.05) is 4.90 Å². The standard InChI is InChI=1S/C16H22BrNO3/c1-21-14-9-5-8-13(15(14)19)16(20)18(11-10-17)12-6-3-2-4-7-12/h5,8-9,12,19H,2-4,6-7,10-11H2,1H3. The van der Waals surface area contributed by atoms with Crippen molar-refractivity contribution in [2.75, 3.05) is 19.0 Å². The summed E-state index contributed by atoms with van der Waals surface area (Å²) in [5.74, 6) is 0.154. The number of alkyl halides is 1. The van der Waals surface area contributed by atoms with Gasteiger partial charge in [0.25, 0.3) is 5.91 Å². The monoisotopic (exact) mass is 355 g/mol. The number of ether oxygens (including phenoxy) is 1. The van der Waals surface area contributed by atoms with Crippen LogP contribution in [0.4, 0.5) is 0 Å². The summed E-state index contributed by atoms with van der Waals surface area (Å²) >= 11 is 3.42. The quantitative estimate of drug-likeness (QED) is 0.821. The van der Waals surface area contributed by atoms with Crippen LogP contribution in [-0.4, -0.2) is 40.9 Å². The van der Waals surface area contributed by atoms with Crippen molar-refractivity contribution in [2.24, 2.45) is 0 Å². The molecule has 1 N–H and O–H groups in total. The molecular formula is C16H22BrNO3. The zero-order chi connectivity index (χ0) is 15.2. The Bertz CT molecular complexity index is 486. The molecule has 1 amide bonds. The highest BCUT2D eigenvalue weighted by Gasteiger charge is 2.27. The van der Waals surface area contributed by atoms with E-state index in [-0.39, 0.29) is 17.7 Å². The second kappa shape index (κ2) is 7.69. The number of para-hydroxylation sites is 1. The first kappa shape index (κ1) is 16.1. The van der Waals surface area contributed by atoms with Crippen LogP contribution in [0.15, 0.2) is 18.2 Å². The molecule has 0 saturated heterocycles. The Labute approximate surface area is 134 Å². The Kier molecular flexibility index (Phi) is 5.91. The average molecular weight is 356 g/mol. The average Bonchev–Trinajstić information content (AvgIpc) is 2.53. The molecule has 0 radical (unpaired) electrons. The third-order valence-corrected chi connectivity index (χ3v) is 4.41. The van der Waals surface area contributed by atoms with Crippen LogP contribution in [-0.2, 0) is 0 Å². The fourth-order valence-corrected chi connectivity index (χ4v) is 3.33. The minimum Gasteiger partial charge on any atom is -0.504 e. The van der Waals surface area contributed by atoms with Crippen molar-refractivity contribution in [3.8, 4) is 11.5 Å². The van der Waals surface area contributed by atoms with E-state index in [1.165, 1.54) is 26.4 Å². The minimum absolute atomic E-state index is 0.0691. The van der Waals surface area contributed by atoms with Crippen LogP contribution in [0.5, 0.6) is 11.5 Å². The van der Waals surface area contributed by atoms with Crippen molar-refractivity contribution >= 4 is 21.8 Å². The molecule has 0 unspecified atom stereocenters. The second-order valence-electron chi connectivity index (χ2n) is 5.34. The number of methoxy groups -OCH3 is 1. The predicted octanol–water partition coefficient (Wildman–Crippen LogP) is 3.57. The van der Waals surface area contributed by atoms with Crippen LogP contribution in [0.3, 0.4) is 0 Å². The van der Waals surface area contributed by atoms with Crippen LogP contribution in [0, 0.1) is 0 Å². The largest absolute Gasteiger partial charge is 0.504 e. The maximum atomic E-state index is 12.8. The summed E-state index contributed by atoms with van der Waals surface area (Å²) in [4.78, 5) is 14.7. The number of phenolic OH excluding ortho intramolecular Hbond substituents is 1. The number of carbonyl (C=O) groups is 1. The zero-order valence-corrected chi connectivity index (χ0v) is 13.9. The normalized spacial score (nSPS) is 15.7. The maximum Gasteiger partial charge on any atom is 0.258 e. The summed E-state index contributed by atoms with van der Waals surface area (Å²) in [6, 6.07) is 5.32. The van der Waals surface area contributed by atoms with Gasteiger partial charge in [0.15, 0.2) is 11.5 Å². The van der Waals surface area contributed by atoms with Gasteiger partial charge >= 0.3 is 0 Å². The Hall–Kier alpha value is -1.23. The SMILES string of the molecule is COc1cccc(C(=O)N(CCBr)C2CCCCC2)c1O. The van der Waals surface area contributed by atoms with Gasteiger partial charge in [-0.3, -0.25) is 4.79 Å². The van der Waals surface area contributed by atoms with Gasteiger partial charge in [0.1, 0.15) is 0 Å². The predicted molar refractivity (Wildman–Crippen MR) is 86.4 cm³/mol. The summed E-state index contributed by atoms with van der Waals surface area (Å²) < 4.78 is 5.09. The van der Waals surface area contributed by atoms with Gasteiger partial charge in [-0.1, -0.05) is 41.3 Å². The number of nitrogens with zero attached hydrogens (tertiary/aromatic N) is 1. The van der Waals surface area contributed by atoms with E-state index >= 15 is 0 Å². The Morgan fingerprint density at radius 1 is 1.38 bits per heavy atom. The van der Waals surface area contributed by atoms with E-state index in [0.29, 0.717) is 17.9 Å². The molecule has 1 aliphatic carbocycles. The molecule has 0 heterocycles. The Morgan fingerprint density at radius 2 is 2.10 bits per heavy atom. The number of carbonyl (C=O) groups excluding carboxylic acids is 1. The molecule has 1 saturated carbocycles. The fourth-order valence-electron chi connectivity index (χ4n) is 2.95. The van der Waals surface area contributed by atoms with Crippen molar-refractivity contribution in [3.05, 3.63) is 23.8 Å². The van der Waals surface area contributed by atoms with Gasteiger partial charge in [0, 0.05) is 17.9 Å². The van der Waals surface area contributed by atoms with Crippen LogP contribution in [0.2, 0.25) is 0 Å². The summed E-state index contributed by atoms with van der Waals surface area (Å²) in [6.07, 6.45) is 5.67. The number of amides is 1. The van der Waals surface area contributed by atoms with E-state index in [9.17, 15) is 9.90 Å². The van der Waals surface area contributed by atoms with Crippen molar-refractivity contribution in [1.82, 2.24) is 4.90 Å². The molecule has 5 heteroatoms. The van der Waals surface area contributed by atoms with E-state index in [1.54, 1.807) is 18.2 Å². The summed E-state index contributed by atoms with van der Waals surface area (Å²) in [5.41, 5.74) is 0.320. The third kappa shape index (κ3) is 3.70. The van der Waals surface area contributed by atoms with Gasteiger partial charge in [-0.05, 0) is 25.0 Å². The lowest BCUT2D eigenvalue weighted by molar-refractivity contribution is 0.0647. The highest BCUT2D eigenvalue weighted by Crippen LogP contribution is 2.32. The molecule has 0 atom stereocenters. The fraction of sp³-hybridized carbons (Fsp3) is 0.562. The van der Waals surface area contributed by atoms with Crippen LogP contribution < -0.4 is 4.74 Å². The van der Waals surface area contributed by atoms with Gasteiger partial charge in [-0.2, -0.15) is 0 Å². The summed E-state index contributed by atoms with van der Waals surface area (Å²) in [7, 11) is 1.49. The first-order chi connectivity index (χ1) is 10.2. The number of benzene rings is 1. The maximum absolute atomic E-state index is 12.8. The van der Waals surface area contributed by atoms with Crippen molar-refractivity contribution in [1.29, 1.82) is 0 Å².